The molecule has 0 bridgehead atoms. The van der Waals surface area contributed by atoms with Gasteiger partial charge in [-0.2, -0.15) is 4.31 Å². The van der Waals surface area contributed by atoms with E-state index in [4.69, 9.17) is 11.6 Å². The number of hydrogen-bond acceptors (Lipinski definition) is 5. The monoisotopic (exact) mass is 428 g/mol. The zero-order valence-corrected chi connectivity index (χ0v) is 17.1. The van der Waals surface area contributed by atoms with E-state index in [1.165, 1.54) is 9.21 Å². The van der Waals surface area contributed by atoms with E-state index in [1.54, 1.807) is 31.2 Å². The first-order valence-corrected chi connectivity index (χ1v) is 10.9. The van der Waals surface area contributed by atoms with Gasteiger partial charge in [-0.25, -0.2) is 13.2 Å². The van der Waals surface area contributed by atoms with Crippen LogP contribution in [0.2, 0.25) is 5.02 Å². The first-order chi connectivity index (χ1) is 13.0. The predicted molar refractivity (Wildman–Crippen MR) is 102 cm³/mol. The van der Waals surface area contributed by atoms with E-state index in [0.29, 0.717) is 10.6 Å². The first kappa shape index (κ1) is 20.6. The zero-order chi connectivity index (χ0) is 20.7. The minimum Gasteiger partial charge on any atom is -0.338 e. The molecular weight excluding hydrogens is 408 g/mol. The van der Waals surface area contributed by atoms with Crippen molar-refractivity contribution in [1.82, 2.24) is 19.4 Å². The third-order valence-corrected chi connectivity index (χ3v) is 6.61. The molecule has 2 heterocycles. The van der Waals surface area contributed by atoms with Gasteiger partial charge in [0.1, 0.15) is 12.1 Å². The Morgan fingerprint density at radius 3 is 2.25 bits per heavy atom. The molecule has 2 aliphatic rings. The third-order valence-electron chi connectivity index (χ3n) is 5.05. The standard InChI is InChI=1S/C17H21ClN4O5S/c1-17(12-3-5-13(18)6-4-12)15(24)22(16(25)19-17)11-14(23)20-7-9-21(10-8-20)28(2,26)27/h3-6H,7-11H2,1-2H3,(H,19,25). The Morgan fingerprint density at radius 1 is 1.14 bits per heavy atom. The molecule has 1 aromatic rings. The van der Waals surface area contributed by atoms with E-state index in [2.05, 4.69) is 5.32 Å². The van der Waals surface area contributed by atoms with Crippen molar-refractivity contribution in [2.45, 2.75) is 12.5 Å². The number of halogens is 1. The second-order valence-electron chi connectivity index (χ2n) is 7.00. The molecule has 11 heteroatoms. The van der Waals surface area contributed by atoms with Crippen LogP contribution >= 0.6 is 11.6 Å². The lowest BCUT2D eigenvalue weighted by Crippen LogP contribution is -2.53. The van der Waals surface area contributed by atoms with Gasteiger partial charge in [0.05, 0.1) is 6.26 Å². The molecule has 0 saturated carbocycles. The maximum atomic E-state index is 12.9. The summed E-state index contributed by atoms with van der Waals surface area (Å²) in [7, 11) is -3.31. The molecule has 152 valence electrons. The molecule has 0 aliphatic carbocycles. The average Bonchev–Trinajstić information content (AvgIpc) is 2.85. The Labute approximate surface area is 168 Å². The van der Waals surface area contributed by atoms with Crippen LogP contribution in [0.25, 0.3) is 0 Å². The number of urea groups is 1. The summed E-state index contributed by atoms with van der Waals surface area (Å²) in [5.74, 6) is -0.931. The highest BCUT2D eigenvalue weighted by molar-refractivity contribution is 7.88. The minimum absolute atomic E-state index is 0.188. The van der Waals surface area contributed by atoms with Gasteiger partial charge in [0.2, 0.25) is 15.9 Å². The number of hydrogen-bond donors (Lipinski definition) is 1. The lowest BCUT2D eigenvalue weighted by atomic mass is 9.92. The van der Waals surface area contributed by atoms with E-state index in [-0.39, 0.29) is 26.2 Å². The van der Waals surface area contributed by atoms with Crippen LogP contribution in [-0.2, 0) is 25.2 Å². The summed E-state index contributed by atoms with van der Waals surface area (Å²) in [4.78, 5) is 40.1. The molecule has 1 atom stereocenters. The van der Waals surface area contributed by atoms with Crippen LogP contribution in [0.5, 0.6) is 0 Å². The number of imide groups is 1. The van der Waals surface area contributed by atoms with E-state index in [9.17, 15) is 22.8 Å². The van der Waals surface area contributed by atoms with E-state index in [0.717, 1.165) is 11.2 Å². The quantitative estimate of drug-likeness (QED) is 0.690. The summed E-state index contributed by atoms with van der Waals surface area (Å²) in [5.41, 5.74) is -0.719. The summed E-state index contributed by atoms with van der Waals surface area (Å²) in [6.07, 6.45) is 1.12. The average molecular weight is 429 g/mol. The lowest BCUT2D eigenvalue weighted by molar-refractivity contribution is -0.139. The lowest BCUT2D eigenvalue weighted by Gasteiger charge is -2.33. The fraction of sp³-hybridized carbons (Fsp3) is 0.471. The predicted octanol–water partition coefficient (Wildman–Crippen LogP) is 0.211. The topological polar surface area (TPSA) is 107 Å². The Bertz CT molecular complexity index is 912. The Kier molecular flexibility index (Phi) is 5.39. The molecule has 1 unspecified atom stereocenters. The highest BCUT2D eigenvalue weighted by Crippen LogP contribution is 2.29. The Balaban J connectivity index is 1.68. The molecule has 0 radical (unpaired) electrons. The molecule has 2 aliphatic heterocycles. The highest BCUT2D eigenvalue weighted by Gasteiger charge is 2.49. The molecule has 1 aromatic carbocycles. The smallest absolute Gasteiger partial charge is 0.325 e. The Hall–Kier alpha value is -2.17. The molecule has 2 saturated heterocycles. The van der Waals surface area contributed by atoms with Gasteiger partial charge in [-0.3, -0.25) is 14.5 Å². The normalized spacial score (nSPS) is 23.8. The van der Waals surface area contributed by atoms with Crippen LogP contribution in [0.1, 0.15) is 12.5 Å². The van der Waals surface area contributed by atoms with E-state index in [1.807, 2.05) is 0 Å². The van der Waals surface area contributed by atoms with Crippen molar-refractivity contribution in [2.24, 2.45) is 0 Å². The summed E-state index contributed by atoms with van der Waals surface area (Å²) in [6, 6.07) is 5.89. The molecule has 2 fully saturated rings. The van der Waals surface area contributed by atoms with Crippen molar-refractivity contribution in [1.29, 1.82) is 0 Å². The van der Waals surface area contributed by atoms with Gasteiger partial charge >= 0.3 is 6.03 Å². The van der Waals surface area contributed by atoms with Gasteiger partial charge in [0, 0.05) is 31.2 Å². The SMILES string of the molecule is CC1(c2ccc(Cl)cc2)NC(=O)N(CC(=O)N2CCN(S(C)(=O)=O)CC2)C1=O. The van der Waals surface area contributed by atoms with Crippen LogP contribution in [0.3, 0.4) is 0 Å². The summed E-state index contributed by atoms with van der Waals surface area (Å²) in [6.45, 7) is 1.98. The summed E-state index contributed by atoms with van der Waals surface area (Å²) in [5, 5.41) is 3.14. The summed E-state index contributed by atoms with van der Waals surface area (Å²) >= 11 is 5.88. The molecule has 9 nitrogen and oxygen atoms in total. The van der Waals surface area contributed by atoms with Crippen LogP contribution in [-0.4, -0.2) is 79.3 Å². The number of nitrogens with one attached hydrogen (secondary N) is 1. The van der Waals surface area contributed by atoms with Crippen molar-refractivity contribution in [2.75, 3.05) is 39.0 Å². The Morgan fingerprint density at radius 2 is 1.71 bits per heavy atom. The maximum absolute atomic E-state index is 12.9. The number of sulfonamides is 1. The van der Waals surface area contributed by atoms with Crippen molar-refractivity contribution in [3.05, 3.63) is 34.9 Å². The number of benzene rings is 1. The van der Waals surface area contributed by atoms with Crippen molar-refractivity contribution < 1.29 is 22.8 Å². The minimum atomic E-state index is -3.31. The molecule has 1 N–H and O–H groups in total. The van der Waals surface area contributed by atoms with Gasteiger partial charge in [-0.05, 0) is 24.6 Å². The zero-order valence-electron chi connectivity index (χ0n) is 15.5. The van der Waals surface area contributed by atoms with Crippen molar-refractivity contribution in [3.8, 4) is 0 Å². The second kappa shape index (κ2) is 7.34. The fourth-order valence-corrected chi connectivity index (χ4v) is 4.28. The number of piperazine rings is 1. The number of carbonyl (C=O) groups is 3. The first-order valence-electron chi connectivity index (χ1n) is 8.65. The van der Waals surface area contributed by atoms with Crippen molar-refractivity contribution >= 4 is 39.5 Å². The number of amides is 4. The van der Waals surface area contributed by atoms with Gasteiger partial charge in [-0.15, -0.1) is 0 Å². The van der Waals surface area contributed by atoms with Crippen LogP contribution < -0.4 is 5.32 Å². The molecule has 0 aromatic heterocycles. The van der Waals surface area contributed by atoms with Gasteiger partial charge in [0.25, 0.3) is 5.91 Å². The summed E-state index contributed by atoms with van der Waals surface area (Å²) < 4.78 is 24.4. The molecule has 0 spiro atoms. The van der Waals surface area contributed by atoms with Crippen molar-refractivity contribution in [3.63, 3.8) is 0 Å². The number of rotatable bonds is 4. The highest BCUT2D eigenvalue weighted by atomic mass is 35.5. The van der Waals surface area contributed by atoms with Crippen LogP contribution in [0.4, 0.5) is 4.79 Å². The number of carbonyl (C=O) groups excluding carboxylic acids is 3. The van der Waals surface area contributed by atoms with Gasteiger partial charge in [-0.1, -0.05) is 23.7 Å². The fourth-order valence-electron chi connectivity index (χ4n) is 3.32. The van der Waals surface area contributed by atoms with Crippen LogP contribution in [0, 0.1) is 0 Å². The molecule has 4 amide bonds. The second-order valence-corrected chi connectivity index (χ2v) is 9.42. The van der Waals surface area contributed by atoms with E-state index >= 15 is 0 Å². The van der Waals surface area contributed by atoms with Gasteiger partial charge in [0.15, 0.2) is 0 Å². The van der Waals surface area contributed by atoms with Gasteiger partial charge < -0.3 is 10.2 Å². The molecular formula is C17H21ClN4O5S. The van der Waals surface area contributed by atoms with E-state index < -0.39 is 40.0 Å². The maximum Gasteiger partial charge on any atom is 0.325 e. The van der Waals surface area contributed by atoms with Crippen LogP contribution in [0.15, 0.2) is 24.3 Å². The third kappa shape index (κ3) is 3.85. The molecule has 3 rings (SSSR count). The number of nitrogens with zero attached hydrogens (tertiary/aromatic N) is 3. The molecule has 28 heavy (non-hydrogen) atoms. The largest absolute Gasteiger partial charge is 0.338 e.